The Morgan fingerprint density at radius 3 is 2.40 bits per heavy atom. The minimum Gasteiger partial charge on any atom is -0.265 e. The van der Waals surface area contributed by atoms with E-state index in [4.69, 9.17) is 11.6 Å². The SMILES string of the molecule is O=[SH](=O)OC1(CCCl)CC1. The summed E-state index contributed by atoms with van der Waals surface area (Å²) < 4.78 is 24.9. The van der Waals surface area contributed by atoms with Gasteiger partial charge >= 0.3 is 0 Å². The highest BCUT2D eigenvalue weighted by atomic mass is 35.5. The molecule has 0 unspecified atom stereocenters. The second kappa shape index (κ2) is 3.07. The van der Waals surface area contributed by atoms with E-state index in [0.29, 0.717) is 12.3 Å². The van der Waals surface area contributed by atoms with Gasteiger partial charge < -0.3 is 0 Å². The minimum atomic E-state index is -2.70. The van der Waals surface area contributed by atoms with Gasteiger partial charge in [0.05, 0.1) is 5.60 Å². The Labute approximate surface area is 66.5 Å². The quantitative estimate of drug-likeness (QED) is 0.517. The van der Waals surface area contributed by atoms with Gasteiger partial charge in [0.25, 0.3) is 11.0 Å². The van der Waals surface area contributed by atoms with E-state index in [0.717, 1.165) is 12.8 Å². The van der Waals surface area contributed by atoms with E-state index in [1.165, 1.54) is 0 Å². The number of rotatable bonds is 4. The fourth-order valence-corrected chi connectivity index (χ4v) is 1.79. The molecule has 1 aliphatic rings. The Morgan fingerprint density at radius 1 is 1.50 bits per heavy atom. The fraction of sp³-hybridized carbons (Fsp3) is 1.00. The highest BCUT2D eigenvalue weighted by Gasteiger charge is 2.44. The number of hydrogen-bond donors (Lipinski definition) is 1. The number of alkyl halides is 1. The summed E-state index contributed by atoms with van der Waals surface area (Å²) in [6, 6.07) is 0. The third-order valence-corrected chi connectivity index (χ3v) is 2.35. The van der Waals surface area contributed by atoms with Crippen LogP contribution in [-0.4, -0.2) is 19.9 Å². The summed E-state index contributed by atoms with van der Waals surface area (Å²) >= 11 is 5.43. The number of hydrogen-bond acceptors (Lipinski definition) is 3. The van der Waals surface area contributed by atoms with Crippen LogP contribution in [0.1, 0.15) is 19.3 Å². The predicted octanol–water partition coefficient (Wildman–Crippen LogP) is 0.691. The van der Waals surface area contributed by atoms with Crippen LogP contribution in [0.25, 0.3) is 0 Å². The summed E-state index contributed by atoms with van der Waals surface area (Å²) in [4.78, 5) is 0. The third-order valence-electron chi connectivity index (χ3n) is 1.63. The first kappa shape index (κ1) is 8.30. The van der Waals surface area contributed by atoms with Crippen molar-refractivity contribution in [1.82, 2.24) is 0 Å². The normalized spacial score (nSPS) is 21.4. The van der Waals surface area contributed by atoms with Gasteiger partial charge in [0, 0.05) is 5.88 Å². The lowest BCUT2D eigenvalue weighted by atomic mass is 10.3. The van der Waals surface area contributed by atoms with Crippen LogP contribution in [0.3, 0.4) is 0 Å². The molecule has 0 aromatic carbocycles. The summed E-state index contributed by atoms with van der Waals surface area (Å²) in [6.45, 7) is 0. The van der Waals surface area contributed by atoms with E-state index in [1.807, 2.05) is 0 Å². The molecule has 0 saturated heterocycles. The van der Waals surface area contributed by atoms with E-state index in [9.17, 15) is 8.42 Å². The van der Waals surface area contributed by atoms with E-state index in [2.05, 4.69) is 4.18 Å². The second-order valence-corrected chi connectivity index (χ2v) is 3.44. The molecule has 0 atom stereocenters. The lowest BCUT2D eigenvalue weighted by molar-refractivity contribution is 0.193. The van der Waals surface area contributed by atoms with Crippen molar-refractivity contribution < 1.29 is 12.6 Å². The first-order chi connectivity index (χ1) is 4.68. The summed E-state index contributed by atoms with van der Waals surface area (Å²) in [6.07, 6.45) is 2.28. The Hall–Kier alpha value is 0.200. The zero-order valence-electron chi connectivity index (χ0n) is 5.38. The van der Waals surface area contributed by atoms with E-state index >= 15 is 0 Å². The highest BCUT2D eigenvalue weighted by molar-refractivity contribution is 7.67. The van der Waals surface area contributed by atoms with Crippen molar-refractivity contribution in [2.75, 3.05) is 5.88 Å². The largest absolute Gasteiger partial charge is 0.265 e. The van der Waals surface area contributed by atoms with Gasteiger partial charge in [0.1, 0.15) is 0 Å². The van der Waals surface area contributed by atoms with Crippen LogP contribution < -0.4 is 0 Å². The Morgan fingerprint density at radius 2 is 2.10 bits per heavy atom. The van der Waals surface area contributed by atoms with Crippen molar-refractivity contribution >= 4 is 22.6 Å². The van der Waals surface area contributed by atoms with Gasteiger partial charge in [-0.1, -0.05) is 0 Å². The Kier molecular flexibility index (Phi) is 2.55. The molecule has 0 N–H and O–H groups in total. The topological polar surface area (TPSA) is 43.4 Å². The Balaban J connectivity index is 2.37. The minimum absolute atomic E-state index is 0.406. The van der Waals surface area contributed by atoms with E-state index in [-0.39, 0.29) is 0 Å². The van der Waals surface area contributed by atoms with Crippen molar-refractivity contribution in [1.29, 1.82) is 0 Å². The third kappa shape index (κ3) is 2.11. The van der Waals surface area contributed by atoms with Gasteiger partial charge in [0.2, 0.25) is 0 Å². The van der Waals surface area contributed by atoms with Gasteiger partial charge in [0.15, 0.2) is 0 Å². The molecular formula is C5H9ClO3S. The smallest absolute Gasteiger partial charge is 0.257 e. The standard InChI is InChI=1S/C5H9ClO3S/c6-4-3-5(1-2-5)9-10(7)8/h10H,1-4H2. The number of thiol groups is 1. The molecule has 0 radical (unpaired) electrons. The Bertz CT molecular complexity index is 177. The van der Waals surface area contributed by atoms with Crippen LogP contribution in [0.2, 0.25) is 0 Å². The maximum atomic E-state index is 10.1. The van der Waals surface area contributed by atoms with Gasteiger partial charge in [-0.25, -0.2) is 8.42 Å². The average molecular weight is 185 g/mol. The van der Waals surface area contributed by atoms with Crippen molar-refractivity contribution in [3.63, 3.8) is 0 Å². The van der Waals surface area contributed by atoms with Gasteiger partial charge in [-0.3, -0.25) is 4.18 Å². The lowest BCUT2D eigenvalue weighted by Gasteiger charge is -2.07. The van der Waals surface area contributed by atoms with Crippen LogP contribution >= 0.6 is 11.6 Å². The molecule has 1 rings (SSSR count). The second-order valence-electron chi connectivity index (χ2n) is 2.44. The molecule has 1 fully saturated rings. The van der Waals surface area contributed by atoms with Gasteiger partial charge in [-0.05, 0) is 19.3 Å². The highest BCUT2D eigenvalue weighted by Crippen LogP contribution is 2.42. The zero-order chi connectivity index (χ0) is 7.61. The summed E-state index contributed by atoms with van der Waals surface area (Å²) in [5.41, 5.74) is -0.406. The van der Waals surface area contributed by atoms with Crippen LogP contribution in [0.15, 0.2) is 0 Å². The first-order valence-electron chi connectivity index (χ1n) is 3.08. The predicted molar refractivity (Wildman–Crippen MR) is 38.7 cm³/mol. The average Bonchev–Trinajstić information content (AvgIpc) is 2.47. The van der Waals surface area contributed by atoms with Crippen LogP contribution in [0.4, 0.5) is 0 Å². The van der Waals surface area contributed by atoms with Gasteiger partial charge in [-0.15, -0.1) is 11.6 Å². The monoisotopic (exact) mass is 184 g/mol. The molecule has 0 aliphatic heterocycles. The molecule has 1 saturated carbocycles. The molecular weight excluding hydrogens is 176 g/mol. The fourth-order valence-electron chi connectivity index (χ4n) is 0.857. The molecule has 5 heteroatoms. The molecule has 10 heavy (non-hydrogen) atoms. The zero-order valence-corrected chi connectivity index (χ0v) is 7.03. The maximum Gasteiger partial charge on any atom is 0.257 e. The molecule has 0 aromatic rings. The number of halogens is 1. The lowest BCUT2D eigenvalue weighted by Crippen LogP contribution is -2.13. The molecule has 60 valence electrons. The van der Waals surface area contributed by atoms with Crippen molar-refractivity contribution in [3.8, 4) is 0 Å². The van der Waals surface area contributed by atoms with E-state index < -0.39 is 16.6 Å². The van der Waals surface area contributed by atoms with Crippen LogP contribution in [-0.2, 0) is 15.2 Å². The summed E-state index contributed by atoms with van der Waals surface area (Å²) in [5, 5.41) is 0. The first-order valence-corrected chi connectivity index (χ1v) is 4.71. The molecule has 3 nitrogen and oxygen atoms in total. The summed E-state index contributed by atoms with van der Waals surface area (Å²) in [5.74, 6) is 0.461. The van der Waals surface area contributed by atoms with Gasteiger partial charge in [-0.2, -0.15) is 0 Å². The van der Waals surface area contributed by atoms with Crippen LogP contribution in [0.5, 0.6) is 0 Å². The maximum absolute atomic E-state index is 10.1. The van der Waals surface area contributed by atoms with Crippen molar-refractivity contribution in [2.24, 2.45) is 0 Å². The molecule has 0 amide bonds. The van der Waals surface area contributed by atoms with E-state index in [1.54, 1.807) is 0 Å². The van der Waals surface area contributed by atoms with Crippen molar-refractivity contribution in [3.05, 3.63) is 0 Å². The molecule has 0 bridgehead atoms. The van der Waals surface area contributed by atoms with Crippen LogP contribution in [0, 0.1) is 0 Å². The summed E-state index contributed by atoms with van der Waals surface area (Å²) in [7, 11) is -2.70. The molecule has 1 aliphatic carbocycles. The molecule has 0 heterocycles. The molecule has 0 spiro atoms. The molecule has 0 aromatic heterocycles. The van der Waals surface area contributed by atoms with Crippen molar-refractivity contribution in [2.45, 2.75) is 24.9 Å².